The number of carbonyl (C=O) groups is 2. The van der Waals surface area contributed by atoms with Gasteiger partial charge >= 0.3 is 0 Å². The quantitative estimate of drug-likeness (QED) is 0.288. The maximum atomic E-state index is 14.8. The van der Waals surface area contributed by atoms with E-state index in [1.807, 2.05) is 44.2 Å². The van der Waals surface area contributed by atoms with Gasteiger partial charge in [0.25, 0.3) is 0 Å². The molecule has 1 atom stereocenters. The van der Waals surface area contributed by atoms with Gasteiger partial charge in [-0.3, -0.25) is 13.9 Å². The Bertz CT molecular complexity index is 1520. The number of carbonyl (C=O) groups excluding carboxylic acids is 2. The van der Waals surface area contributed by atoms with Gasteiger partial charge in [0.2, 0.25) is 28.6 Å². The SMILES string of the molecule is CC(C)CNC(=O)[C@H](Cc1ccccc1)N(Cc1ccccc1F)C(=O)CCCN(c1ccc2c(c1)OCO2)S(C)(=O)=O. The average molecular weight is 612 g/mol. The van der Waals surface area contributed by atoms with Crippen molar-refractivity contribution in [1.82, 2.24) is 10.2 Å². The van der Waals surface area contributed by atoms with Crippen molar-refractivity contribution in [2.24, 2.45) is 5.92 Å². The largest absolute Gasteiger partial charge is 0.454 e. The molecule has 1 heterocycles. The molecule has 4 rings (SSSR count). The summed E-state index contributed by atoms with van der Waals surface area (Å²) < 4.78 is 52.2. The molecule has 11 heteroatoms. The minimum Gasteiger partial charge on any atom is -0.454 e. The van der Waals surface area contributed by atoms with Crippen LogP contribution in [0.3, 0.4) is 0 Å². The number of halogens is 1. The van der Waals surface area contributed by atoms with Gasteiger partial charge in [-0.05, 0) is 36.1 Å². The smallest absolute Gasteiger partial charge is 0.243 e. The molecule has 3 aromatic rings. The topological polar surface area (TPSA) is 105 Å². The van der Waals surface area contributed by atoms with E-state index in [-0.39, 0.29) is 62.4 Å². The van der Waals surface area contributed by atoms with Crippen LogP contribution in [-0.4, -0.2) is 57.3 Å². The normalized spacial score (nSPS) is 13.0. The Morgan fingerprint density at radius 2 is 1.67 bits per heavy atom. The number of ether oxygens (including phenoxy) is 2. The molecular formula is C32H38FN3O6S. The number of amides is 2. The molecule has 0 saturated heterocycles. The number of fused-ring (bicyclic) bond motifs is 1. The molecule has 0 spiro atoms. The summed E-state index contributed by atoms with van der Waals surface area (Å²) in [6.07, 6.45) is 1.43. The van der Waals surface area contributed by atoms with Crippen LogP contribution in [0.2, 0.25) is 0 Å². The number of hydrogen-bond donors (Lipinski definition) is 1. The predicted octanol–water partition coefficient (Wildman–Crippen LogP) is 4.51. The highest BCUT2D eigenvalue weighted by molar-refractivity contribution is 7.92. The maximum Gasteiger partial charge on any atom is 0.243 e. The molecule has 0 radical (unpaired) electrons. The zero-order chi connectivity index (χ0) is 31.0. The van der Waals surface area contributed by atoms with E-state index in [1.54, 1.807) is 36.4 Å². The summed E-state index contributed by atoms with van der Waals surface area (Å²) in [6, 6.07) is 19.4. The zero-order valence-corrected chi connectivity index (χ0v) is 25.5. The molecular weight excluding hydrogens is 573 g/mol. The second-order valence-corrected chi connectivity index (χ2v) is 12.8. The molecule has 1 aliphatic heterocycles. The number of sulfonamides is 1. The lowest BCUT2D eigenvalue weighted by Crippen LogP contribution is -2.51. The second kappa shape index (κ2) is 14.4. The van der Waals surface area contributed by atoms with Crippen molar-refractivity contribution in [3.8, 4) is 11.5 Å². The first kappa shape index (κ1) is 31.8. The highest BCUT2D eigenvalue weighted by Crippen LogP contribution is 2.36. The lowest BCUT2D eigenvalue weighted by molar-refractivity contribution is -0.141. The highest BCUT2D eigenvalue weighted by Gasteiger charge is 2.31. The Morgan fingerprint density at radius 1 is 0.977 bits per heavy atom. The van der Waals surface area contributed by atoms with E-state index in [2.05, 4.69) is 5.32 Å². The van der Waals surface area contributed by atoms with Crippen LogP contribution in [0.15, 0.2) is 72.8 Å². The third kappa shape index (κ3) is 8.70. The minimum absolute atomic E-state index is 0.0145. The summed E-state index contributed by atoms with van der Waals surface area (Å²) in [5.74, 6) is -0.0446. The molecule has 43 heavy (non-hydrogen) atoms. The van der Waals surface area contributed by atoms with Crippen LogP contribution in [-0.2, 0) is 32.6 Å². The molecule has 0 bridgehead atoms. The lowest BCUT2D eigenvalue weighted by atomic mass is 10.0. The van der Waals surface area contributed by atoms with Gasteiger partial charge in [-0.15, -0.1) is 0 Å². The summed E-state index contributed by atoms with van der Waals surface area (Å²) in [7, 11) is -3.70. The number of rotatable bonds is 14. The molecule has 3 aromatic carbocycles. The molecule has 1 aliphatic rings. The van der Waals surface area contributed by atoms with Crippen molar-refractivity contribution < 1.29 is 31.9 Å². The van der Waals surface area contributed by atoms with E-state index < -0.39 is 21.9 Å². The van der Waals surface area contributed by atoms with Crippen LogP contribution in [0.25, 0.3) is 0 Å². The molecule has 0 aromatic heterocycles. The number of hydrogen-bond acceptors (Lipinski definition) is 6. The molecule has 0 unspecified atom stereocenters. The summed E-state index contributed by atoms with van der Waals surface area (Å²) in [6.45, 7) is 4.32. The third-order valence-corrected chi connectivity index (χ3v) is 8.24. The van der Waals surface area contributed by atoms with Crippen molar-refractivity contribution >= 4 is 27.5 Å². The Hall–Kier alpha value is -4.12. The molecule has 0 saturated carbocycles. The Morgan fingerprint density at radius 3 is 2.37 bits per heavy atom. The molecule has 0 fully saturated rings. The van der Waals surface area contributed by atoms with Crippen molar-refractivity contribution in [1.29, 1.82) is 0 Å². The van der Waals surface area contributed by atoms with Crippen molar-refractivity contribution in [2.45, 2.75) is 45.7 Å². The third-order valence-electron chi connectivity index (χ3n) is 7.05. The first-order chi connectivity index (χ1) is 20.5. The summed E-state index contributed by atoms with van der Waals surface area (Å²) in [4.78, 5) is 28.8. The van der Waals surface area contributed by atoms with Crippen LogP contribution in [0, 0.1) is 11.7 Å². The number of nitrogens with one attached hydrogen (secondary N) is 1. The average Bonchev–Trinajstić information content (AvgIpc) is 3.44. The van der Waals surface area contributed by atoms with Crippen molar-refractivity contribution in [3.63, 3.8) is 0 Å². The number of anilines is 1. The second-order valence-electron chi connectivity index (χ2n) is 10.9. The first-order valence-corrected chi connectivity index (χ1v) is 16.1. The number of benzene rings is 3. The van der Waals surface area contributed by atoms with Crippen LogP contribution in [0.5, 0.6) is 11.5 Å². The van der Waals surface area contributed by atoms with E-state index in [9.17, 15) is 22.4 Å². The molecule has 1 N–H and O–H groups in total. The Kier molecular flexibility index (Phi) is 10.6. The molecule has 9 nitrogen and oxygen atoms in total. The minimum atomic E-state index is -3.70. The van der Waals surface area contributed by atoms with Gasteiger partial charge in [0.15, 0.2) is 11.5 Å². The summed E-state index contributed by atoms with van der Waals surface area (Å²) >= 11 is 0. The van der Waals surface area contributed by atoms with Gasteiger partial charge in [-0.2, -0.15) is 0 Å². The summed E-state index contributed by atoms with van der Waals surface area (Å²) in [5, 5.41) is 2.94. The fraction of sp³-hybridized carbons (Fsp3) is 0.375. The van der Waals surface area contributed by atoms with Crippen LogP contribution in [0.4, 0.5) is 10.1 Å². The van der Waals surface area contributed by atoms with Gasteiger partial charge in [0.05, 0.1) is 11.9 Å². The Balaban J connectivity index is 1.58. The predicted molar refractivity (Wildman–Crippen MR) is 163 cm³/mol. The summed E-state index contributed by atoms with van der Waals surface area (Å²) in [5.41, 5.74) is 1.52. The van der Waals surface area contributed by atoms with Gasteiger partial charge in [-0.25, -0.2) is 12.8 Å². The van der Waals surface area contributed by atoms with Gasteiger partial charge in [-0.1, -0.05) is 62.4 Å². The van der Waals surface area contributed by atoms with Gasteiger partial charge < -0.3 is 19.7 Å². The molecule has 2 amide bonds. The fourth-order valence-electron chi connectivity index (χ4n) is 4.83. The Labute approximate surface area is 252 Å². The van der Waals surface area contributed by atoms with Crippen molar-refractivity contribution in [3.05, 3.63) is 89.7 Å². The van der Waals surface area contributed by atoms with Crippen LogP contribution < -0.4 is 19.1 Å². The van der Waals surface area contributed by atoms with E-state index in [1.165, 1.54) is 15.3 Å². The standard InChI is InChI=1S/C32H38FN3O6S/c1-23(2)20-34-32(38)28(18-24-10-5-4-6-11-24)35(21-25-12-7-8-13-27(25)33)31(37)14-9-17-36(43(3,39)40)26-15-16-29-30(19-26)42-22-41-29/h4-8,10-13,15-16,19,23,28H,9,14,17-18,20-22H2,1-3H3,(H,34,38)/t28-/m0/s1. The lowest BCUT2D eigenvalue weighted by Gasteiger charge is -2.32. The van der Waals surface area contributed by atoms with Crippen molar-refractivity contribution in [2.75, 3.05) is 30.4 Å². The maximum absolute atomic E-state index is 14.8. The van der Waals surface area contributed by atoms with Gasteiger partial charge in [0.1, 0.15) is 11.9 Å². The highest BCUT2D eigenvalue weighted by atomic mass is 32.2. The molecule has 230 valence electrons. The van der Waals surface area contributed by atoms with Gasteiger partial charge in [0, 0.05) is 44.1 Å². The number of nitrogens with zero attached hydrogens (tertiary/aromatic N) is 2. The zero-order valence-electron chi connectivity index (χ0n) is 24.7. The van der Waals surface area contributed by atoms with E-state index in [4.69, 9.17) is 9.47 Å². The molecule has 0 aliphatic carbocycles. The first-order valence-electron chi connectivity index (χ1n) is 14.2. The van der Waals surface area contributed by atoms with E-state index in [0.717, 1.165) is 11.8 Å². The monoisotopic (exact) mass is 611 g/mol. The van der Waals surface area contributed by atoms with E-state index in [0.29, 0.717) is 23.7 Å². The van der Waals surface area contributed by atoms with Crippen LogP contribution in [0.1, 0.15) is 37.8 Å². The fourth-order valence-corrected chi connectivity index (χ4v) is 5.79. The van der Waals surface area contributed by atoms with E-state index >= 15 is 0 Å². The van der Waals surface area contributed by atoms with Crippen LogP contribution >= 0.6 is 0 Å².